The molecule has 1 aromatic rings. The standard InChI is InChI=1S/C6H8F2N2O/c7-6(8,1-4-11)5-9-2-3-10-5/h2-3,11H,1,4H2,(H,9,10). The lowest BCUT2D eigenvalue weighted by Crippen LogP contribution is -2.16. The number of aromatic amines is 1. The van der Waals surface area contributed by atoms with Gasteiger partial charge in [-0.25, -0.2) is 4.98 Å². The van der Waals surface area contributed by atoms with Gasteiger partial charge in [-0.1, -0.05) is 0 Å². The quantitative estimate of drug-likeness (QED) is 0.693. The molecule has 0 aliphatic rings. The maximum absolute atomic E-state index is 12.7. The lowest BCUT2D eigenvalue weighted by atomic mass is 10.2. The van der Waals surface area contributed by atoms with Gasteiger partial charge < -0.3 is 10.1 Å². The molecule has 0 aliphatic carbocycles. The molecule has 0 bridgehead atoms. The van der Waals surface area contributed by atoms with E-state index < -0.39 is 24.8 Å². The number of hydrogen-bond donors (Lipinski definition) is 2. The van der Waals surface area contributed by atoms with Crippen LogP contribution in [0.25, 0.3) is 0 Å². The Kier molecular flexibility index (Phi) is 2.19. The zero-order chi connectivity index (χ0) is 8.32. The van der Waals surface area contributed by atoms with Gasteiger partial charge in [-0.2, -0.15) is 8.78 Å². The van der Waals surface area contributed by atoms with Crippen LogP contribution in [0.2, 0.25) is 0 Å². The predicted molar refractivity (Wildman–Crippen MR) is 34.2 cm³/mol. The van der Waals surface area contributed by atoms with Crippen LogP contribution in [0.15, 0.2) is 12.4 Å². The van der Waals surface area contributed by atoms with E-state index >= 15 is 0 Å². The molecular formula is C6H8F2N2O. The summed E-state index contributed by atoms with van der Waals surface area (Å²) < 4.78 is 25.5. The van der Waals surface area contributed by atoms with Gasteiger partial charge in [-0.05, 0) is 0 Å². The van der Waals surface area contributed by atoms with Gasteiger partial charge in [0.2, 0.25) is 0 Å². The molecule has 0 radical (unpaired) electrons. The molecule has 5 heteroatoms. The first-order valence-corrected chi connectivity index (χ1v) is 3.15. The molecule has 0 spiro atoms. The van der Waals surface area contributed by atoms with Crippen molar-refractivity contribution in [2.75, 3.05) is 6.61 Å². The number of hydrogen-bond acceptors (Lipinski definition) is 2. The number of aliphatic hydroxyl groups is 1. The van der Waals surface area contributed by atoms with E-state index in [0.717, 1.165) is 0 Å². The van der Waals surface area contributed by atoms with Gasteiger partial charge in [0, 0.05) is 25.4 Å². The smallest absolute Gasteiger partial charge is 0.306 e. The molecule has 0 amide bonds. The van der Waals surface area contributed by atoms with E-state index in [1.165, 1.54) is 12.4 Å². The summed E-state index contributed by atoms with van der Waals surface area (Å²) in [5.74, 6) is -3.44. The van der Waals surface area contributed by atoms with Crippen LogP contribution < -0.4 is 0 Å². The first-order valence-electron chi connectivity index (χ1n) is 3.15. The maximum atomic E-state index is 12.7. The van der Waals surface area contributed by atoms with Crippen molar-refractivity contribution in [1.82, 2.24) is 9.97 Å². The maximum Gasteiger partial charge on any atom is 0.306 e. The van der Waals surface area contributed by atoms with E-state index in [9.17, 15) is 8.78 Å². The van der Waals surface area contributed by atoms with Crippen molar-refractivity contribution in [3.8, 4) is 0 Å². The summed E-state index contributed by atoms with van der Waals surface area (Å²) in [6, 6.07) is 0. The van der Waals surface area contributed by atoms with Gasteiger partial charge >= 0.3 is 5.92 Å². The van der Waals surface area contributed by atoms with Crippen LogP contribution in [-0.2, 0) is 5.92 Å². The number of nitrogens with zero attached hydrogens (tertiary/aromatic N) is 1. The molecule has 1 aromatic heterocycles. The summed E-state index contributed by atoms with van der Waals surface area (Å²) in [5.41, 5.74) is 0. The molecule has 0 fully saturated rings. The number of imidazole rings is 1. The van der Waals surface area contributed by atoms with E-state index in [2.05, 4.69) is 9.97 Å². The summed E-state index contributed by atoms with van der Waals surface area (Å²) in [6.45, 7) is -0.548. The van der Waals surface area contributed by atoms with E-state index in [4.69, 9.17) is 5.11 Å². The lowest BCUT2D eigenvalue weighted by Gasteiger charge is -2.10. The first kappa shape index (κ1) is 8.13. The molecule has 62 valence electrons. The minimum Gasteiger partial charge on any atom is -0.396 e. The molecule has 1 rings (SSSR count). The molecule has 0 unspecified atom stereocenters. The van der Waals surface area contributed by atoms with E-state index in [0.29, 0.717) is 0 Å². The average Bonchev–Trinajstić information content (AvgIpc) is 2.37. The summed E-state index contributed by atoms with van der Waals surface area (Å²) >= 11 is 0. The number of nitrogens with one attached hydrogen (secondary N) is 1. The Morgan fingerprint density at radius 1 is 1.64 bits per heavy atom. The summed E-state index contributed by atoms with van der Waals surface area (Å²) in [7, 11) is 0. The largest absolute Gasteiger partial charge is 0.396 e. The number of aromatic nitrogens is 2. The second-order valence-corrected chi connectivity index (χ2v) is 2.12. The summed E-state index contributed by atoms with van der Waals surface area (Å²) in [5, 5.41) is 8.28. The van der Waals surface area contributed by atoms with Gasteiger partial charge in [0.15, 0.2) is 5.82 Å². The van der Waals surface area contributed by atoms with Crippen LogP contribution in [0, 0.1) is 0 Å². The molecule has 0 aliphatic heterocycles. The van der Waals surface area contributed by atoms with Gasteiger partial charge in [0.1, 0.15) is 0 Å². The predicted octanol–water partition coefficient (Wildman–Crippen LogP) is 0.884. The Hall–Kier alpha value is -0.970. The van der Waals surface area contributed by atoms with Crippen molar-refractivity contribution in [1.29, 1.82) is 0 Å². The number of rotatable bonds is 3. The molecule has 1 heterocycles. The number of alkyl halides is 2. The second-order valence-electron chi connectivity index (χ2n) is 2.12. The third kappa shape index (κ3) is 1.74. The van der Waals surface area contributed by atoms with E-state index in [1.54, 1.807) is 0 Å². The van der Waals surface area contributed by atoms with Crippen LogP contribution in [0.4, 0.5) is 8.78 Å². The molecule has 0 aromatic carbocycles. The van der Waals surface area contributed by atoms with Crippen molar-refractivity contribution in [2.24, 2.45) is 0 Å². The lowest BCUT2D eigenvalue weighted by molar-refractivity contribution is -0.0346. The average molecular weight is 162 g/mol. The summed E-state index contributed by atoms with van der Waals surface area (Å²) in [6.07, 6.45) is 1.97. The minimum absolute atomic E-state index is 0.397. The van der Waals surface area contributed by atoms with Crippen molar-refractivity contribution >= 4 is 0 Å². The summed E-state index contributed by atoms with van der Waals surface area (Å²) in [4.78, 5) is 5.68. The van der Waals surface area contributed by atoms with Crippen molar-refractivity contribution in [3.05, 3.63) is 18.2 Å². The number of halogens is 2. The Morgan fingerprint density at radius 2 is 2.36 bits per heavy atom. The van der Waals surface area contributed by atoms with Crippen molar-refractivity contribution in [2.45, 2.75) is 12.3 Å². The zero-order valence-corrected chi connectivity index (χ0v) is 5.72. The molecule has 3 nitrogen and oxygen atoms in total. The highest BCUT2D eigenvalue weighted by Gasteiger charge is 2.33. The Morgan fingerprint density at radius 3 is 2.82 bits per heavy atom. The van der Waals surface area contributed by atoms with E-state index in [-0.39, 0.29) is 0 Å². The van der Waals surface area contributed by atoms with Crippen LogP contribution in [0.1, 0.15) is 12.2 Å². The normalized spacial score (nSPS) is 11.9. The molecule has 0 saturated carbocycles. The Labute approximate surface area is 62.1 Å². The fourth-order valence-corrected chi connectivity index (χ4v) is 0.724. The number of aliphatic hydroxyl groups excluding tert-OH is 1. The minimum atomic E-state index is -3.04. The Balaban J connectivity index is 2.73. The van der Waals surface area contributed by atoms with E-state index in [1.807, 2.05) is 0 Å². The highest BCUT2D eigenvalue weighted by atomic mass is 19.3. The number of H-pyrrole nitrogens is 1. The fraction of sp³-hybridized carbons (Fsp3) is 0.500. The van der Waals surface area contributed by atoms with Crippen LogP contribution in [-0.4, -0.2) is 21.7 Å². The van der Waals surface area contributed by atoms with Crippen LogP contribution in [0.3, 0.4) is 0 Å². The molecule has 0 atom stereocenters. The van der Waals surface area contributed by atoms with Gasteiger partial charge in [0.05, 0.1) is 0 Å². The van der Waals surface area contributed by atoms with Gasteiger partial charge in [0.25, 0.3) is 0 Å². The molecule has 2 N–H and O–H groups in total. The Bertz CT molecular complexity index is 210. The van der Waals surface area contributed by atoms with Gasteiger partial charge in [-0.15, -0.1) is 0 Å². The topological polar surface area (TPSA) is 48.9 Å². The highest BCUT2D eigenvalue weighted by Crippen LogP contribution is 2.27. The first-order chi connectivity index (χ1) is 5.17. The zero-order valence-electron chi connectivity index (χ0n) is 5.72. The van der Waals surface area contributed by atoms with Crippen molar-refractivity contribution in [3.63, 3.8) is 0 Å². The van der Waals surface area contributed by atoms with Crippen molar-refractivity contribution < 1.29 is 13.9 Å². The third-order valence-corrected chi connectivity index (χ3v) is 1.27. The SMILES string of the molecule is OCCC(F)(F)c1ncc[nH]1. The van der Waals surface area contributed by atoms with Crippen LogP contribution >= 0.6 is 0 Å². The third-order valence-electron chi connectivity index (χ3n) is 1.27. The molecule has 11 heavy (non-hydrogen) atoms. The molecular weight excluding hydrogens is 154 g/mol. The second kappa shape index (κ2) is 2.96. The molecule has 0 saturated heterocycles. The highest BCUT2D eigenvalue weighted by molar-refractivity contribution is 4.96. The fourth-order valence-electron chi connectivity index (χ4n) is 0.724. The van der Waals surface area contributed by atoms with Gasteiger partial charge in [-0.3, -0.25) is 0 Å². The monoisotopic (exact) mass is 162 g/mol. The van der Waals surface area contributed by atoms with Crippen LogP contribution in [0.5, 0.6) is 0 Å².